The first-order valence-electron chi connectivity index (χ1n) is 8.90. The summed E-state index contributed by atoms with van der Waals surface area (Å²) in [4.78, 5) is 29.4. The Hall–Kier alpha value is -2.89. The molecule has 0 aliphatic heterocycles. The zero-order valence-corrected chi connectivity index (χ0v) is 15.1. The zero-order valence-electron chi connectivity index (χ0n) is 15.1. The highest BCUT2D eigenvalue weighted by Gasteiger charge is 2.20. The van der Waals surface area contributed by atoms with Crippen LogP contribution in [0.2, 0.25) is 0 Å². The lowest BCUT2D eigenvalue weighted by Crippen LogP contribution is -2.36. The van der Waals surface area contributed by atoms with Gasteiger partial charge in [-0.1, -0.05) is 26.0 Å². The molecule has 26 heavy (non-hydrogen) atoms. The highest BCUT2D eigenvalue weighted by Crippen LogP contribution is 2.18. The summed E-state index contributed by atoms with van der Waals surface area (Å²) in [6.07, 6.45) is 6.11. The molecule has 136 valence electrons. The lowest BCUT2D eigenvalue weighted by atomic mass is 10.0. The fourth-order valence-corrected chi connectivity index (χ4v) is 3.05. The molecule has 2 aromatic heterocycles. The van der Waals surface area contributed by atoms with E-state index < -0.39 is 0 Å². The second-order valence-electron chi connectivity index (χ2n) is 6.83. The summed E-state index contributed by atoms with van der Waals surface area (Å²) in [7, 11) is 0. The van der Waals surface area contributed by atoms with Crippen molar-refractivity contribution in [2.75, 3.05) is 6.54 Å². The third-order valence-corrected chi connectivity index (χ3v) is 4.37. The van der Waals surface area contributed by atoms with Crippen LogP contribution < -0.4 is 10.9 Å². The number of hydrogen-bond donors (Lipinski definition) is 1. The first-order chi connectivity index (χ1) is 12.6. The molecule has 1 atom stereocenters. The molecule has 6 nitrogen and oxygen atoms in total. The monoisotopic (exact) mass is 352 g/mol. The van der Waals surface area contributed by atoms with E-state index in [1.165, 1.54) is 10.9 Å². The fourth-order valence-electron chi connectivity index (χ4n) is 3.05. The van der Waals surface area contributed by atoms with Gasteiger partial charge in [-0.25, -0.2) is 4.98 Å². The molecule has 1 amide bonds. The van der Waals surface area contributed by atoms with E-state index >= 15 is 0 Å². The number of rotatable bonds is 7. The average molecular weight is 352 g/mol. The molecule has 1 aromatic carbocycles. The summed E-state index contributed by atoms with van der Waals surface area (Å²) in [5.74, 6) is 0.372. The van der Waals surface area contributed by atoms with Crippen LogP contribution in [0.5, 0.6) is 0 Å². The van der Waals surface area contributed by atoms with Gasteiger partial charge in [0.05, 0.1) is 17.2 Å². The Morgan fingerprint density at radius 3 is 2.62 bits per heavy atom. The van der Waals surface area contributed by atoms with Gasteiger partial charge in [-0.3, -0.25) is 14.2 Å². The Morgan fingerprint density at radius 2 is 1.88 bits per heavy atom. The largest absolute Gasteiger partial charge is 0.353 e. The predicted molar refractivity (Wildman–Crippen MR) is 102 cm³/mol. The molecule has 3 aromatic rings. The van der Waals surface area contributed by atoms with E-state index in [2.05, 4.69) is 24.1 Å². The highest BCUT2D eigenvalue weighted by molar-refractivity contribution is 5.80. The van der Waals surface area contributed by atoms with Crippen LogP contribution in [0.3, 0.4) is 0 Å². The number of benzene rings is 1. The van der Waals surface area contributed by atoms with E-state index in [0.29, 0.717) is 29.9 Å². The normalized spacial score (nSPS) is 12.4. The number of carbonyl (C=O) groups excluding carboxylic acids is 1. The number of fused-ring (bicyclic) bond motifs is 1. The van der Waals surface area contributed by atoms with E-state index in [-0.39, 0.29) is 17.5 Å². The minimum atomic E-state index is -0.239. The van der Waals surface area contributed by atoms with Crippen LogP contribution in [-0.2, 0) is 11.3 Å². The van der Waals surface area contributed by atoms with Gasteiger partial charge in [0.2, 0.25) is 5.91 Å². The fraction of sp³-hybridized carbons (Fsp3) is 0.350. The van der Waals surface area contributed by atoms with Crippen LogP contribution in [0.25, 0.3) is 10.9 Å². The van der Waals surface area contributed by atoms with E-state index in [4.69, 9.17) is 0 Å². The Kier molecular flexibility index (Phi) is 5.51. The SMILES string of the molecule is CC(C)C[C@H](C(=O)NCCn1cnc2ccccc2c1=O)n1cccc1. The summed E-state index contributed by atoms with van der Waals surface area (Å²) < 4.78 is 3.47. The Morgan fingerprint density at radius 1 is 1.15 bits per heavy atom. The standard InChI is InChI=1S/C20H24N4O2/c1-15(2)13-18(23-10-5-6-11-23)19(25)21-9-12-24-14-22-17-8-4-3-7-16(17)20(24)26/h3-8,10-11,14-15,18H,9,12-13H2,1-2H3,(H,21,25)/t18-/m1/s1. The quantitative estimate of drug-likeness (QED) is 0.711. The molecule has 0 aliphatic carbocycles. The van der Waals surface area contributed by atoms with Gasteiger partial charge in [0, 0.05) is 25.5 Å². The topological polar surface area (TPSA) is 68.9 Å². The number of nitrogens with zero attached hydrogens (tertiary/aromatic N) is 3. The van der Waals surface area contributed by atoms with Gasteiger partial charge in [0.15, 0.2) is 0 Å². The molecule has 3 rings (SSSR count). The summed E-state index contributed by atoms with van der Waals surface area (Å²) >= 11 is 0. The van der Waals surface area contributed by atoms with Crippen LogP contribution >= 0.6 is 0 Å². The van der Waals surface area contributed by atoms with Crippen LogP contribution in [0.1, 0.15) is 26.3 Å². The van der Waals surface area contributed by atoms with Crippen molar-refractivity contribution in [2.24, 2.45) is 5.92 Å². The van der Waals surface area contributed by atoms with E-state index in [1.807, 2.05) is 47.3 Å². The van der Waals surface area contributed by atoms with Crippen LogP contribution in [0.4, 0.5) is 0 Å². The van der Waals surface area contributed by atoms with Gasteiger partial charge in [-0.15, -0.1) is 0 Å². The van der Waals surface area contributed by atoms with Crippen LogP contribution in [-0.4, -0.2) is 26.6 Å². The Labute approximate surface area is 152 Å². The van der Waals surface area contributed by atoms with Crippen molar-refractivity contribution in [3.63, 3.8) is 0 Å². The predicted octanol–water partition coefficient (Wildman–Crippen LogP) is 2.60. The first kappa shape index (κ1) is 17.9. The molecule has 0 unspecified atom stereocenters. The summed E-state index contributed by atoms with van der Waals surface area (Å²) in [5.41, 5.74) is 0.594. The molecule has 0 spiro atoms. The van der Waals surface area contributed by atoms with E-state index in [9.17, 15) is 9.59 Å². The smallest absolute Gasteiger partial charge is 0.261 e. The third-order valence-electron chi connectivity index (χ3n) is 4.37. The van der Waals surface area contributed by atoms with Crippen molar-refractivity contribution < 1.29 is 4.79 Å². The van der Waals surface area contributed by atoms with Crippen LogP contribution in [0.15, 0.2) is 59.9 Å². The minimum absolute atomic E-state index is 0.0308. The van der Waals surface area contributed by atoms with Crippen molar-refractivity contribution in [1.82, 2.24) is 19.4 Å². The van der Waals surface area contributed by atoms with E-state index in [0.717, 1.165) is 6.42 Å². The molecule has 0 bridgehead atoms. The Balaban J connectivity index is 1.66. The van der Waals surface area contributed by atoms with Crippen molar-refractivity contribution >= 4 is 16.8 Å². The maximum absolute atomic E-state index is 12.6. The van der Waals surface area contributed by atoms with Gasteiger partial charge in [0.25, 0.3) is 5.56 Å². The minimum Gasteiger partial charge on any atom is -0.353 e. The number of carbonyl (C=O) groups is 1. The zero-order chi connectivity index (χ0) is 18.5. The van der Waals surface area contributed by atoms with Gasteiger partial charge >= 0.3 is 0 Å². The lowest BCUT2D eigenvalue weighted by Gasteiger charge is -2.20. The van der Waals surface area contributed by atoms with Gasteiger partial charge in [0.1, 0.15) is 6.04 Å². The Bertz CT molecular complexity index is 928. The molecule has 6 heteroatoms. The molecular weight excluding hydrogens is 328 g/mol. The molecular formula is C20H24N4O2. The number of aromatic nitrogens is 3. The number of amides is 1. The van der Waals surface area contributed by atoms with Crippen molar-refractivity contribution in [1.29, 1.82) is 0 Å². The van der Waals surface area contributed by atoms with Crippen molar-refractivity contribution in [2.45, 2.75) is 32.9 Å². The van der Waals surface area contributed by atoms with Gasteiger partial charge < -0.3 is 9.88 Å². The van der Waals surface area contributed by atoms with Crippen LogP contribution in [0, 0.1) is 5.92 Å². The molecule has 0 saturated heterocycles. The molecule has 0 radical (unpaired) electrons. The summed E-state index contributed by atoms with van der Waals surface area (Å²) in [5, 5.41) is 3.54. The maximum atomic E-state index is 12.6. The van der Waals surface area contributed by atoms with Crippen molar-refractivity contribution in [3.8, 4) is 0 Å². The molecule has 1 N–H and O–H groups in total. The first-order valence-corrected chi connectivity index (χ1v) is 8.90. The third kappa shape index (κ3) is 4.02. The maximum Gasteiger partial charge on any atom is 0.261 e. The second-order valence-corrected chi connectivity index (χ2v) is 6.83. The molecule has 0 saturated carbocycles. The highest BCUT2D eigenvalue weighted by atomic mass is 16.2. The van der Waals surface area contributed by atoms with Gasteiger partial charge in [-0.2, -0.15) is 0 Å². The average Bonchev–Trinajstić information content (AvgIpc) is 3.16. The lowest BCUT2D eigenvalue weighted by molar-refractivity contribution is -0.124. The second kappa shape index (κ2) is 7.99. The van der Waals surface area contributed by atoms with Crippen molar-refractivity contribution in [3.05, 3.63) is 65.5 Å². The van der Waals surface area contributed by atoms with E-state index in [1.54, 1.807) is 6.07 Å². The van der Waals surface area contributed by atoms with Gasteiger partial charge in [-0.05, 0) is 36.6 Å². The summed E-state index contributed by atoms with van der Waals surface area (Å²) in [6.45, 7) is 4.98. The number of nitrogens with one attached hydrogen (secondary N) is 1. The number of hydrogen-bond acceptors (Lipinski definition) is 3. The molecule has 2 heterocycles. The number of para-hydroxylation sites is 1. The summed E-state index contributed by atoms with van der Waals surface area (Å²) in [6, 6.07) is 10.9. The molecule has 0 aliphatic rings. The molecule has 0 fully saturated rings.